The molecule has 0 unspecified atom stereocenters. The number of halogens is 1. The van der Waals surface area contributed by atoms with E-state index in [0.29, 0.717) is 5.89 Å². The third kappa shape index (κ3) is 1.45. The summed E-state index contributed by atoms with van der Waals surface area (Å²) in [6.45, 7) is 0. The highest BCUT2D eigenvalue weighted by Gasteiger charge is 2.11. The predicted molar refractivity (Wildman–Crippen MR) is 67.1 cm³/mol. The molecule has 0 saturated heterocycles. The third-order valence-electron chi connectivity index (χ3n) is 2.31. The first kappa shape index (κ1) is 9.64. The Hall–Kier alpha value is -1.57. The minimum absolute atomic E-state index is 0.303. The fourth-order valence-electron chi connectivity index (χ4n) is 1.62. The van der Waals surface area contributed by atoms with Crippen molar-refractivity contribution in [3.63, 3.8) is 0 Å². The van der Waals surface area contributed by atoms with E-state index >= 15 is 0 Å². The normalized spacial score (nSPS) is 11.1. The lowest BCUT2D eigenvalue weighted by molar-refractivity contribution is 0.527. The van der Waals surface area contributed by atoms with Gasteiger partial charge in [0.1, 0.15) is 0 Å². The number of hydrogen-bond donors (Lipinski definition) is 2. The summed E-state index contributed by atoms with van der Waals surface area (Å²) < 4.78 is 6.06. The molecular weight excluding hydrogens is 321 g/mol. The molecule has 16 heavy (non-hydrogen) atoms. The molecule has 2 heterocycles. The lowest BCUT2D eigenvalue weighted by Crippen LogP contribution is -1.93. The van der Waals surface area contributed by atoms with Gasteiger partial charge in [-0.25, -0.2) is 9.89 Å². The van der Waals surface area contributed by atoms with Crippen molar-refractivity contribution in [1.29, 1.82) is 0 Å². The van der Waals surface area contributed by atoms with Crippen LogP contribution in [0.25, 0.3) is 22.4 Å². The SMILES string of the molecule is O=c1[nH]nc(-c2c[nH]c3cc(I)ccc23)o1. The van der Waals surface area contributed by atoms with Crippen LogP contribution in [0.2, 0.25) is 0 Å². The van der Waals surface area contributed by atoms with Gasteiger partial charge in [-0.2, -0.15) is 0 Å². The lowest BCUT2D eigenvalue weighted by atomic mass is 10.2. The summed E-state index contributed by atoms with van der Waals surface area (Å²) in [7, 11) is 0. The van der Waals surface area contributed by atoms with Crippen LogP contribution in [0, 0.1) is 3.57 Å². The fraction of sp³-hybridized carbons (Fsp3) is 0. The van der Waals surface area contributed by atoms with Gasteiger partial charge in [0.15, 0.2) is 0 Å². The van der Waals surface area contributed by atoms with Crippen LogP contribution in [0.5, 0.6) is 0 Å². The number of H-pyrrole nitrogens is 2. The van der Waals surface area contributed by atoms with Gasteiger partial charge in [-0.3, -0.25) is 0 Å². The standard InChI is InChI=1S/C10H6IN3O2/c11-5-1-2-6-7(4-12-8(6)3-5)9-13-14-10(15)16-9/h1-4,12H,(H,14,15). The Morgan fingerprint density at radius 2 is 2.25 bits per heavy atom. The van der Waals surface area contributed by atoms with E-state index in [1.54, 1.807) is 6.20 Å². The summed E-state index contributed by atoms with van der Waals surface area (Å²) in [6.07, 6.45) is 1.78. The molecule has 0 aliphatic rings. The van der Waals surface area contributed by atoms with Crippen LogP contribution in [0.1, 0.15) is 0 Å². The largest absolute Gasteiger partial charge is 0.434 e. The van der Waals surface area contributed by atoms with Crippen molar-refractivity contribution in [3.05, 3.63) is 38.5 Å². The Balaban J connectivity index is 2.29. The molecule has 0 atom stereocenters. The van der Waals surface area contributed by atoms with Crippen LogP contribution in [-0.2, 0) is 0 Å². The van der Waals surface area contributed by atoms with Gasteiger partial charge in [0.05, 0.1) is 5.56 Å². The zero-order valence-electron chi connectivity index (χ0n) is 7.95. The molecule has 0 amide bonds. The molecule has 0 fully saturated rings. The van der Waals surface area contributed by atoms with Crippen molar-refractivity contribution in [3.8, 4) is 11.5 Å². The van der Waals surface area contributed by atoms with E-state index in [1.807, 2.05) is 18.2 Å². The second-order valence-electron chi connectivity index (χ2n) is 3.31. The van der Waals surface area contributed by atoms with E-state index in [9.17, 15) is 4.79 Å². The average Bonchev–Trinajstić information content (AvgIpc) is 2.83. The number of rotatable bonds is 1. The van der Waals surface area contributed by atoms with Gasteiger partial charge in [0.2, 0.25) is 0 Å². The Morgan fingerprint density at radius 1 is 1.38 bits per heavy atom. The minimum Gasteiger partial charge on any atom is -0.388 e. The molecule has 1 aromatic carbocycles. The van der Waals surface area contributed by atoms with Crippen molar-refractivity contribution >= 4 is 33.5 Å². The smallest absolute Gasteiger partial charge is 0.388 e. The molecule has 0 saturated carbocycles. The summed E-state index contributed by atoms with van der Waals surface area (Å²) in [4.78, 5) is 14.0. The summed E-state index contributed by atoms with van der Waals surface area (Å²) in [6, 6.07) is 5.98. The third-order valence-corrected chi connectivity index (χ3v) is 2.98. The van der Waals surface area contributed by atoms with Gasteiger partial charge in [0.25, 0.3) is 5.89 Å². The molecule has 0 spiro atoms. The molecule has 3 aromatic rings. The highest BCUT2D eigenvalue weighted by molar-refractivity contribution is 14.1. The molecular formula is C10H6IN3O2. The first-order chi connectivity index (χ1) is 7.74. The van der Waals surface area contributed by atoms with E-state index in [0.717, 1.165) is 20.0 Å². The number of nitrogens with zero attached hydrogens (tertiary/aromatic N) is 1. The summed E-state index contributed by atoms with van der Waals surface area (Å²) >= 11 is 2.24. The number of aromatic nitrogens is 3. The number of nitrogens with one attached hydrogen (secondary N) is 2. The van der Waals surface area contributed by atoms with Crippen molar-refractivity contribution in [2.75, 3.05) is 0 Å². The van der Waals surface area contributed by atoms with E-state index in [1.165, 1.54) is 0 Å². The molecule has 0 bridgehead atoms. The highest BCUT2D eigenvalue weighted by atomic mass is 127. The molecule has 5 nitrogen and oxygen atoms in total. The maximum Gasteiger partial charge on any atom is 0.434 e. The second kappa shape index (κ2) is 3.48. The summed E-state index contributed by atoms with van der Waals surface area (Å²) in [5, 5.41) is 7.03. The van der Waals surface area contributed by atoms with Gasteiger partial charge in [-0.15, -0.1) is 5.10 Å². The monoisotopic (exact) mass is 327 g/mol. The second-order valence-corrected chi connectivity index (χ2v) is 4.56. The quantitative estimate of drug-likeness (QED) is 0.672. The number of fused-ring (bicyclic) bond motifs is 1. The number of hydrogen-bond acceptors (Lipinski definition) is 3. The van der Waals surface area contributed by atoms with Crippen molar-refractivity contribution < 1.29 is 4.42 Å². The number of aromatic amines is 2. The van der Waals surface area contributed by atoms with Crippen LogP contribution < -0.4 is 5.76 Å². The van der Waals surface area contributed by atoms with E-state index in [4.69, 9.17) is 4.42 Å². The first-order valence-corrected chi connectivity index (χ1v) is 5.64. The fourth-order valence-corrected chi connectivity index (χ4v) is 2.11. The van der Waals surface area contributed by atoms with Gasteiger partial charge in [-0.1, -0.05) is 6.07 Å². The molecule has 80 valence electrons. The van der Waals surface area contributed by atoms with Crippen LogP contribution in [0.4, 0.5) is 0 Å². The van der Waals surface area contributed by atoms with Crippen LogP contribution >= 0.6 is 22.6 Å². The molecule has 0 aliphatic carbocycles. The van der Waals surface area contributed by atoms with Crippen LogP contribution in [0.15, 0.2) is 33.6 Å². The molecule has 0 aliphatic heterocycles. The lowest BCUT2D eigenvalue weighted by Gasteiger charge is -1.93. The maximum atomic E-state index is 10.9. The summed E-state index contributed by atoms with van der Waals surface area (Å²) in [5.74, 6) is -0.243. The molecule has 0 radical (unpaired) electrons. The minimum atomic E-state index is -0.546. The molecule has 3 rings (SSSR count). The van der Waals surface area contributed by atoms with Crippen LogP contribution in [-0.4, -0.2) is 15.2 Å². The van der Waals surface area contributed by atoms with Gasteiger partial charge >= 0.3 is 5.76 Å². The Bertz CT molecular complexity index is 710. The summed E-state index contributed by atoms with van der Waals surface area (Å²) in [5.41, 5.74) is 1.78. The molecule has 6 heteroatoms. The zero-order valence-corrected chi connectivity index (χ0v) is 10.1. The Labute approximate surface area is 103 Å². The van der Waals surface area contributed by atoms with Crippen molar-refractivity contribution in [1.82, 2.24) is 15.2 Å². The van der Waals surface area contributed by atoms with E-state index < -0.39 is 5.76 Å². The maximum absolute atomic E-state index is 10.9. The molecule has 2 N–H and O–H groups in total. The molecule has 2 aromatic heterocycles. The van der Waals surface area contributed by atoms with Gasteiger partial charge in [0, 0.05) is 20.7 Å². The Morgan fingerprint density at radius 3 is 3.00 bits per heavy atom. The average molecular weight is 327 g/mol. The van der Waals surface area contributed by atoms with E-state index in [-0.39, 0.29) is 0 Å². The number of benzene rings is 1. The van der Waals surface area contributed by atoms with Gasteiger partial charge in [-0.05, 0) is 34.7 Å². The van der Waals surface area contributed by atoms with Crippen molar-refractivity contribution in [2.24, 2.45) is 0 Å². The topological polar surface area (TPSA) is 74.7 Å². The Kier molecular flexibility index (Phi) is 2.10. The van der Waals surface area contributed by atoms with Gasteiger partial charge < -0.3 is 9.40 Å². The van der Waals surface area contributed by atoms with Crippen LogP contribution in [0.3, 0.4) is 0 Å². The van der Waals surface area contributed by atoms with E-state index in [2.05, 4.69) is 37.8 Å². The van der Waals surface area contributed by atoms with Crippen molar-refractivity contribution in [2.45, 2.75) is 0 Å². The predicted octanol–water partition coefficient (Wildman–Crippen LogP) is 2.12. The zero-order chi connectivity index (χ0) is 11.1. The first-order valence-electron chi connectivity index (χ1n) is 4.56. The highest BCUT2D eigenvalue weighted by Crippen LogP contribution is 2.27.